The van der Waals surface area contributed by atoms with E-state index in [0.717, 1.165) is 12.0 Å². The van der Waals surface area contributed by atoms with Crippen LogP contribution in [0.3, 0.4) is 0 Å². The zero-order chi connectivity index (χ0) is 21.1. The maximum Gasteiger partial charge on any atom is 0.423 e. The van der Waals surface area contributed by atoms with Crippen LogP contribution in [0.2, 0.25) is 0 Å². The van der Waals surface area contributed by atoms with E-state index in [1.807, 2.05) is 26.0 Å². The number of alkyl halides is 6. The number of anilines is 2. The molecular formula is C18H19F6N3O. The number of aromatic nitrogens is 2. The van der Waals surface area contributed by atoms with Gasteiger partial charge in [0.2, 0.25) is 11.8 Å². The van der Waals surface area contributed by atoms with Crippen LogP contribution in [-0.2, 0) is 12.6 Å². The number of rotatable bonds is 6. The molecule has 4 nitrogen and oxygen atoms in total. The molecule has 0 saturated carbocycles. The molecule has 2 rings (SSSR count). The van der Waals surface area contributed by atoms with E-state index in [2.05, 4.69) is 14.7 Å². The van der Waals surface area contributed by atoms with Gasteiger partial charge < -0.3 is 9.64 Å². The van der Waals surface area contributed by atoms with Crippen molar-refractivity contribution in [3.05, 3.63) is 41.6 Å². The molecule has 0 radical (unpaired) electrons. The summed E-state index contributed by atoms with van der Waals surface area (Å²) in [7, 11) is 1.50. The lowest BCUT2D eigenvalue weighted by Gasteiger charge is -2.20. The van der Waals surface area contributed by atoms with E-state index < -0.39 is 30.4 Å². The quantitative estimate of drug-likeness (QED) is 0.601. The predicted octanol–water partition coefficient (Wildman–Crippen LogP) is 5.40. The fourth-order valence-electron chi connectivity index (χ4n) is 2.45. The molecule has 0 spiro atoms. The van der Waals surface area contributed by atoms with Crippen molar-refractivity contribution in [3.8, 4) is 5.88 Å². The molecule has 0 aliphatic heterocycles. The first-order valence-electron chi connectivity index (χ1n) is 8.33. The molecule has 0 amide bonds. The van der Waals surface area contributed by atoms with E-state index >= 15 is 0 Å². The lowest BCUT2D eigenvalue weighted by Crippen LogP contribution is -2.23. The molecule has 1 heterocycles. The summed E-state index contributed by atoms with van der Waals surface area (Å²) in [5.41, 5.74) is 0.113. The van der Waals surface area contributed by atoms with Crippen molar-refractivity contribution in [1.29, 1.82) is 0 Å². The third-order valence-corrected chi connectivity index (χ3v) is 3.66. The molecule has 28 heavy (non-hydrogen) atoms. The Hall–Kier alpha value is -2.52. The lowest BCUT2D eigenvalue weighted by molar-refractivity contribution is -0.159. The van der Waals surface area contributed by atoms with Crippen LogP contribution in [0.15, 0.2) is 30.5 Å². The largest absolute Gasteiger partial charge is 0.467 e. The predicted molar refractivity (Wildman–Crippen MR) is 91.6 cm³/mol. The molecule has 0 aliphatic rings. The molecule has 1 aromatic carbocycles. The molecule has 0 fully saturated rings. The maximum atomic E-state index is 13.0. The Bertz CT molecular complexity index is 805. The average Bonchev–Trinajstić information content (AvgIpc) is 2.57. The summed E-state index contributed by atoms with van der Waals surface area (Å²) >= 11 is 0. The zero-order valence-electron chi connectivity index (χ0n) is 15.4. The smallest absolute Gasteiger partial charge is 0.423 e. The van der Waals surface area contributed by atoms with E-state index in [1.54, 1.807) is 12.1 Å². The first-order valence-corrected chi connectivity index (χ1v) is 8.33. The highest BCUT2D eigenvalue weighted by Crippen LogP contribution is 2.36. The van der Waals surface area contributed by atoms with Crippen LogP contribution in [0.1, 0.15) is 25.0 Å². The van der Waals surface area contributed by atoms with Crippen LogP contribution in [0, 0.1) is 5.92 Å². The fourth-order valence-corrected chi connectivity index (χ4v) is 2.45. The van der Waals surface area contributed by atoms with Gasteiger partial charge >= 0.3 is 12.4 Å². The van der Waals surface area contributed by atoms with Crippen LogP contribution < -0.4 is 9.64 Å². The minimum absolute atomic E-state index is 0.216. The standard InChI is InChI=1S/C18H19F6N3O/c1-11(2)7-12-5-4-6-13(8-12)27(3)16-25-9-14(18(22,23)24)15(26-16)28-10-17(19,20)21/h4-6,8-9,11H,7,10H2,1-3H3. The van der Waals surface area contributed by atoms with Crippen LogP contribution in [-0.4, -0.2) is 29.8 Å². The van der Waals surface area contributed by atoms with Crippen LogP contribution >= 0.6 is 0 Å². The van der Waals surface area contributed by atoms with E-state index in [1.165, 1.54) is 11.9 Å². The number of hydrogen-bond donors (Lipinski definition) is 0. The van der Waals surface area contributed by atoms with Gasteiger partial charge in [-0.25, -0.2) is 4.98 Å². The molecule has 10 heteroatoms. The Kier molecular flexibility index (Phi) is 6.41. The molecule has 0 bridgehead atoms. The number of halogens is 6. The van der Waals surface area contributed by atoms with Crippen molar-refractivity contribution >= 4 is 11.6 Å². The number of nitrogens with zero attached hydrogens (tertiary/aromatic N) is 3. The van der Waals surface area contributed by atoms with E-state index in [4.69, 9.17) is 0 Å². The number of benzene rings is 1. The summed E-state index contributed by atoms with van der Waals surface area (Å²) < 4.78 is 80.6. The lowest BCUT2D eigenvalue weighted by atomic mass is 10.0. The molecule has 154 valence electrons. The second-order valence-corrected chi connectivity index (χ2v) is 6.62. The SMILES string of the molecule is CC(C)Cc1cccc(N(C)c2ncc(C(F)(F)F)c(OCC(F)(F)F)n2)c1. The molecule has 0 saturated heterocycles. The maximum absolute atomic E-state index is 13.0. The Morgan fingerprint density at radius 2 is 1.79 bits per heavy atom. The van der Waals surface area contributed by atoms with Gasteiger partial charge in [0.05, 0.1) is 0 Å². The van der Waals surface area contributed by atoms with Gasteiger partial charge in [-0.2, -0.15) is 31.3 Å². The highest BCUT2D eigenvalue weighted by atomic mass is 19.4. The third-order valence-electron chi connectivity index (χ3n) is 3.66. The summed E-state index contributed by atoms with van der Waals surface area (Å²) in [6.45, 7) is 2.19. The highest BCUT2D eigenvalue weighted by molar-refractivity contribution is 5.58. The first kappa shape index (κ1) is 21.8. The minimum Gasteiger partial charge on any atom is -0.467 e. The van der Waals surface area contributed by atoms with Crippen LogP contribution in [0.4, 0.5) is 38.0 Å². The van der Waals surface area contributed by atoms with E-state index in [9.17, 15) is 26.3 Å². The second-order valence-electron chi connectivity index (χ2n) is 6.62. The van der Waals surface area contributed by atoms with Crippen LogP contribution in [0.5, 0.6) is 5.88 Å². The second kappa shape index (κ2) is 8.24. The minimum atomic E-state index is -4.95. The van der Waals surface area contributed by atoms with Crippen molar-refractivity contribution in [2.75, 3.05) is 18.6 Å². The summed E-state index contributed by atoms with van der Waals surface area (Å²) in [5.74, 6) is -0.989. The van der Waals surface area contributed by atoms with E-state index in [0.29, 0.717) is 17.8 Å². The average molecular weight is 407 g/mol. The Morgan fingerprint density at radius 3 is 2.36 bits per heavy atom. The number of ether oxygens (including phenoxy) is 1. The summed E-state index contributed by atoms with van der Waals surface area (Å²) in [4.78, 5) is 8.61. The van der Waals surface area contributed by atoms with Gasteiger partial charge in [-0.3, -0.25) is 0 Å². The Balaban J connectivity index is 2.37. The Morgan fingerprint density at radius 1 is 1.11 bits per heavy atom. The van der Waals surface area contributed by atoms with Gasteiger partial charge in [0.25, 0.3) is 0 Å². The van der Waals surface area contributed by atoms with Gasteiger partial charge in [-0.05, 0) is 30.0 Å². The van der Waals surface area contributed by atoms with Gasteiger partial charge in [-0.1, -0.05) is 26.0 Å². The fraction of sp³-hybridized carbons (Fsp3) is 0.444. The summed E-state index contributed by atoms with van der Waals surface area (Å²) in [6, 6.07) is 7.19. The van der Waals surface area contributed by atoms with Crippen LogP contribution in [0.25, 0.3) is 0 Å². The summed E-state index contributed by atoms with van der Waals surface area (Å²) in [6.07, 6.45) is -8.54. The zero-order valence-corrected chi connectivity index (χ0v) is 15.4. The van der Waals surface area contributed by atoms with Crippen molar-refractivity contribution in [2.24, 2.45) is 5.92 Å². The van der Waals surface area contributed by atoms with Gasteiger partial charge in [0.15, 0.2) is 6.61 Å². The van der Waals surface area contributed by atoms with Crippen molar-refractivity contribution < 1.29 is 31.1 Å². The molecule has 2 aromatic rings. The van der Waals surface area contributed by atoms with Gasteiger partial charge in [-0.15, -0.1) is 0 Å². The molecule has 0 aliphatic carbocycles. The topological polar surface area (TPSA) is 38.2 Å². The Labute approximate surface area is 158 Å². The van der Waals surface area contributed by atoms with E-state index in [-0.39, 0.29) is 5.95 Å². The summed E-state index contributed by atoms with van der Waals surface area (Å²) in [5, 5.41) is 0. The molecule has 1 aromatic heterocycles. The monoisotopic (exact) mass is 407 g/mol. The molecule has 0 atom stereocenters. The molecular weight excluding hydrogens is 388 g/mol. The van der Waals surface area contributed by atoms with Crippen molar-refractivity contribution in [1.82, 2.24) is 9.97 Å². The third kappa shape index (κ3) is 6.00. The van der Waals surface area contributed by atoms with Gasteiger partial charge in [0.1, 0.15) is 5.56 Å². The van der Waals surface area contributed by atoms with Gasteiger partial charge in [0, 0.05) is 18.9 Å². The molecule has 0 unspecified atom stereocenters. The van der Waals surface area contributed by atoms with Crippen molar-refractivity contribution in [2.45, 2.75) is 32.6 Å². The molecule has 0 N–H and O–H groups in total. The normalized spacial score (nSPS) is 12.4. The van der Waals surface area contributed by atoms with Crippen molar-refractivity contribution in [3.63, 3.8) is 0 Å². The number of hydrogen-bond acceptors (Lipinski definition) is 4. The first-order chi connectivity index (χ1) is 12.9. The highest BCUT2D eigenvalue weighted by Gasteiger charge is 2.38.